The second-order valence-electron chi connectivity index (χ2n) is 3.48. The number of rotatable bonds is 4. The van der Waals surface area contributed by atoms with Crippen molar-refractivity contribution in [1.82, 2.24) is 9.97 Å². The first-order valence-electron chi connectivity index (χ1n) is 5.11. The van der Waals surface area contributed by atoms with Crippen LogP contribution in [0.1, 0.15) is 0 Å². The van der Waals surface area contributed by atoms with Gasteiger partial charge in [0.25, 0.3) is 0 Å². The lowest BCUT2D eigenvalue weighted by Gasteiger charge is -2.07. The Balaban J connectivity index is 2.45. The molecule has 8 nitrogen and oxygen atoms in total. The molecule has 0 bridgehead atoms. The Bertz CT molecular complexity index is 647. The van der Waals surface area contributed by atoms with Crippen LogP contribution in [0.5, 0.6) is 11.6 Å². The van der Waals surface area contributed by atoms with E-state index in [-0.39, 0.29) is 11.6 Å². The van der Waals surface area contributed by atoms with Crippen LogP contribution in [0.2, 0.25) is 0 Å². The van der Waals surface area contributed by atoms with E-state index in [1.165, 1.54) is 0 Å². The summed E-state index contributed by atoms with van der Waals surface area (Å²) in [5.74, 6) is 2.21. The van der Waals surface area contributed by atoms with E-state index in [9.17, 15) is 18.9 Å². The van der Waals surface area contributed by atoms with Gasteiger partial charge in [0.2, 0.25) is 5.82 Å². The lowest BCUT2D eigenvalue weighted by atomic mass is 10.3. The zero-order chi connectivity index (χ0) is 14.7. The molecule has 2 aromatic rings. The standard InChI is InChI=1S/C10H7F2N5O3/c11-5-1-6(12)3-7(2-5)20-10-8(17(18)19)9(16-13)14-4-15-10/h1-4H,13H2,(H,14,15,16). The van der Waals surface area contributed by atoms with Crippen molar-refractivity contribution in [3.05, 3.63) is 46.3 Å². The number of nitrogen functional groups attached to an aromatic ring is 1. The zero-order valence-electron chi connectivity index (χ0n) is 9.71. The van der Waals surface area contributed by atoms with Crippen molar-refractivity contribution in [3.63, 3.8) is 0 Å². The first-order valence-corrected chi connectivity index (χ1v) is 5.11. The van der Waals surface area contributed by atoms with Gasteiger partial charge in [0.15, 0.2) is 0 Å². The Morgan fingerprint density at radius 3 is 2.45 bits per heavy atom. The number of ether oxygens (including phenoxy) is 1. The summed E-state index contributed by atoms with van der Waals surface area (Å²) < 4.78 is 31.0. The van der Waals surface area contributed by atoms with Gasteiger partial charge in [-0.15, -0.1) is 0 Å². The molecule has 0 aliphatic heterocycles. The summed E-state index contributed by atoms with van der Waals surface area (Å²) in [5, 5.41) is 10.9. The molecule has 1 aromatic heterocycles. The van der Waals surface area contributed by atoms with Crippen molar-refractivity contribution < 1.29 is 18.4 Å². The van der Waals surface area contributed by atoms with E-state index < -0.39 is 28.1 Å². The fraction of sp³-hybridized carbons (Fsp3) is 0. The van der Waals surface area contributed by atoms with Gasteiger partial charge in [0.1, 0.15) is 23.7 Å². The number of hydrogen-bond acceptors (Lipinski definition) is 7. The molecule has 0 amide bonds. The molecule has 2 rings (SSSR count). The van der Waals surface area contributed by atoms with E-state index in [0.717, 1.165) is 18.5 Å². The van der Waals surface area contributed by atoms with Crippen LogP contribution >= 0.6 is 0 Å². The van der Waals surface area contributed by atoms with Gasteiger partial charge < -0.3 is 10.2 Å². The Morgan fingerprint density at radius 1 is 1.25 bits per heavy atom. The number of hydrogen-bond donors (Lipinski definition) is 2. The lowest BCUT2D eigenvalue weighted by molar-refractivity contribution is -0.385. The number of aromatic nitrogens is 2. The van der Waals surface area contributed by atoms with Gasteiger partial charge in [-0.1, -0.05) is 0 Å². The third kappa shape index (κ3) is 2.75. The molecule has 1 aromatic carbocycles. The number of halogens is 2. The van der Waals surface area contributed by atoms with Crippen LogP contribution in [0.15, 0.2) is 24.5 Å². The van der Waals surface area contributed by atoms with Crippen molar-refractivity contribution in [2.45, 2.75) is 0 Å². The first-order chi connectivity index (χ1) is 9.51. The third-order valence-corrected chi connectivity index (χ3v) is 2.16. The Kier molecular flexibility index (Phi) is 3.66. The molecule has 1 heterocycles. The average Bonchev–Trinajstić information content (AvgIpc) is 2.36. The highest BCUT2D eigenvalue weighted by atomic mass is 19.1. The highest BCUT2D eigenvalue weighted by Gasteiger charge is 2.24. The highest BCUT2D eigenvalue weighted by molar-refractivity contribution is 5.61. The van der Waals surface area contributed by atoms with E-state index in [0.29, 0.717) is 6.07 Å². The molecular weight excluding hydrogens is 276 g/mol. The van der Waals surface area contributed by atoms with Gasteiger partial charge >= 0.3 is 11.6 Å². The molecule has 0 saturated carbocycles. The van der Waals surface area contributed by atoms with Gasteiger partial charge in [0, 0.05) is 18.2 Å². The fourth-order valence-electron chi connectivity index (χ4n) is 1.41. The molecule has 20 heavy (non-hydrogen) atoms. The SMILES string of the molecule is NNc1ncnc(Oc2cc(F)cc(F)c2)c1[N+](=O)[O-]. The van der Waals surface area contributed by atoms with Crippen LogP contribution in [0, 0.1) is 21.7 Å². The van der Waals surface area contributed by atoms with E-state index >= 15 is 0 Å². The first kappa shape index (κ1) is 13.5. The Hall–Kier alpha value is -2.88. The molecule has 0 atom stereocenters. The highest BCUT2D eigenvalue weighted by Crippen LogP contribution is 2.33. The number of benzene rings is 1. The number of nitrogens with zero attached hydrogens (tertiary/aromatic N) is 3. The largest absolute Gasteiger partial charge is 0.433 e. The van der Waals surface area contributed by atoms with Crippen LogP contribution in [0.25, 0.3) is 0 Å². The average molecular weight is 283 g/mol. The summed E-state index contributed by atoms with van der Waals surface area (Å²) in [6.07, 6.45) is 0.952. The number of nitrogens with one attached hydrogen (secondary N) is 1. The molecule has 3 N–H and O–H groups in total. The number of hydrazine groups is 1. The Labute approximate surface area is 110 Å². The summed E-state index contributed by atoms with van der Waals surface area (Å²) in [7, 11) is 0. The lowest BCUT2D eigenvalue weighted by Crippen LogP contribution is -2.12. The summed E-state index contributed by atoms with van der Waals surface area (Å²) >= 11 is 0. The third-order valence-electron chi connectivity index (χ3n) is 2.16. The predicted molar refractivity (Wildman–Crippen MR) is 62.9 cm³/mol. The second kappa shape index (κ2) is 5.40. The van der Waals surface area contributed by atoms with Gasteiger partial charge in [-0.25, -0.2) is 19.6 Å². The van der Waals surface area contributed by atoms with Gasteiger partial charge in [-0.05, 0) is 0 Å². The van der Waals surface area contributed by atoms with E-state index in [4.69, 9.17) is 10.6 Å². The van der Waals surface area contributed by atoms with Gasteiger partial charge in [-0.2, -0.15) is 4.98 Å². The molecule has 0 aliphatic rings. The normalized spacial score (nSPS) is 10.2. The van der Waals surface area contributed by atoms with Crippen molar-refractivity contribution in [2.24, 2.45) is 5.84 Å². The number of nitrogens with two attached hydrogens (primary N) is 1. The maximum absolute atomic E-state index is 13.0. The minimum absolute atomic E-state index is 0.285. The van der Waals surface area contributed by atoms with E-state index in [2.05, 4.69) is 9.97 Å². The molecule has 104 valence electrons. The molecular formula is C10H7F2N5O3. The summed E-state index contributed by atoms with van der Waals surface area (Å²) in [6, 6.07) is 2.34. The zero-order valence-corrected chi connectivity index (χ0v) is 9.71. The fourth-order valence-corrected chi connectivity index (χ4v) is 1.41. The number of nitro groups is 1. The molecule has 10 heteroatoms. The second-order valence-corrected chi connectivity index (χ2v) is 3.48. The van der Waals surface area contributed by atoms with Gasteiger partial charge in [-0.3, -0.25) is 10.1 Å². The van der Waals surface area contributed by atoms with Gasteiger partial charge in [0.05, 0.1) is 4.92 Å². The molecule has 0 spiro atoms. The van der Waals surface area contributed by atoms with Crippen LogP contribution < -0.4 is 16.0 Å². The Morgan fingerprint density at radius 2 is 1.90 bits per heavy atom. The summed E-state index contributed by atoms with van der Waals surface area (Å²) in [6.45, 7) is 0. The monoisotopic (exact) mass is 283 g/mol. The smallest absolute Gasteiger partial charge is 0.374 e. The topological polar surface area (TPSA) is 116 Å². The van der Waals surface area contributed by atoms with Crippen LogP contribution in [0.3, 0.4) is 0 Å². The molecule has 0 fully saturated rings. The van der Waals surface area contributed by atoms with Crippen LogP contribution in [0.4, 0.5) is 20.3 Å². The van der Waals surface area contributed by atoms with E-state index in [1.807, 2.05) is 5.43 Å². The maximum atomic E-state index is 13.0. The van der Waals surface area contributed by atoms with Crippen molar-refractivity contribution in [3.8, 4) is 11.6 Å². The molecule has 0 saturated heterocycles. The molecule has 0 radical (unpaired) electrons. The predicted octanol–water partition coefficient (Wildman–Crippen LogP) is 1.74. The minimum Gasteiger partial charge on any atom is -0.433 e. The van der Waals surface area contributed by atoms with E-state index in [1.54, 1.807) is 0 Å². The van der Waals surface area contributed by atoms with Crippen molar-refractivity contribution >= 4 is 11.5 Å². The quantitative estimate of drug-likeness (QED) is 0.498. The van der Waals surface area contributed by atoms with Crippen molar-refractivity contribution in [2.75, 3.05) is 5.43 Å². The molecule has 0 unspecified atom stereocenters. The maximum Gasteiger partial charge on any atom is 0.374 e. The summed E-state index contributed by atoms with van der Waals surface area (Å²) in [4.78, 5) is 17.2. The molecule has 0 aliphatic carbocycles. The summed E-state index contributed by atoms with van der Waals surface area (Å²) in [5.41, 5.74) is 1.35. The number of anilines is 1. The van der Waals surface area contributed by atoms with Crippen molar-refractivity contribution in [1.29, 1.82) is 0 Å². The van der Waals surface area contributed by atoms with Crippen LogP contribution in [-0.4, -0.2) is 14.9 Å². The minimum atomic E-state index is -0.895. The van der Waals surface area contributed by atoms with Crippen LogP contribution in [-0.2, 0) is 0 Å².